The molecule has 1 fully saturated rings. The quantitative estimate of drug-likeness (QED) is 0.330. The number of benzene rings is 2. The highest BCUT2D eigenvalue weighted by Crippen LogP contribution is 2.27. The maximum atomic E-state index is 13.4. The van der Waals surface area contributed by atoms with Gasteiger partial charge in [0, 0.05) is 22.1 Å². The van der Waals surface area contributed by atoms with Crippen molar-refractivity contribution >= 4 is 52.5 Å². The van der Waals surface area contributed by atoms with Crippen LogP contribution in [0.3, 0.4) is 0 Å². The van der Waals surface area contributed by atoms with Gasteiger partial charge in [-0.15, -0.1) is 0 Å². The molecule has 4 rings (SSSR count). The van der Waals surface area contributed by atoms with Crippen LogP contribution < -0.4 is 10.2 Å². The highest BCUT2D eigenvalue weighted by atomic mass is 35.5. The molecule has 7 heteroatoms. The van der Waals surface area contributed by atoms with Gasteiger partial charge in [-0.05, 0) is 99.1 Å². The van der Waals surface area contributed by atoms with Gasteiger partial charge in [0.15, 0.2) is 5.11 Å². The molecule has 0 atom stereocenters. The normalized spacial score (nSPS) is 15.5. The molecular weight excluding hydrogens is 442 g/mol. The number of nitrogens with zero attached hydrogens (tertiary/aromatic N) is 2. The number of aryl methyl sites for hydroxylation is 3. The largest absolute Gasteiger partial charge is 0.318 e. The van der Waals surface area contributed by atoms with E-state index in [0.717, 1.165) is 33.8 Å². The Hall–Kier alpha value is -3.22. The lowest BCUT2D eigenvalue weighted by molar-refractivity contribution is -0.122. The average Bonchev–Trinajstić information content (AvgIpc) is 2.97. The highest BCUT2D eigenvalue weighted by Gasteiger charge is 2.35. The Bertz CT molecular complexity index is 1300. The molecule has 2 aromatic carbocycles. The third kappa shape index (κ3) is 3.99. The molecule has 0 aliphatic carbocycles. The monoisotopic (exact) mass is 463 g/mol. The molecule has 0 spiro atoms. The Kier molecular flexibility index (Phi) is 5.75. The molecule has 1 aliphatic rings. The van der Waals surface area contributed by atoms with Crippen LogP contribution in [0.25, 0.3) is 11.8 Å². The van der Waals surface area contributed by atoms with Crippen molar-refractivity contribution in [2.45, 2.75) is 27.7 Å². The van der Waals surface area contributed by atoms with E-state index in [9.17, 15) is 9.59 Å². The van der Waals surface area contributed by atoms with E-state index in [0.29, 0.717) is 10.7 Å². The summed E-state index contributed by atoms with van der Waals surface area (Å²) in [5.41, 5.74) is 6.21. The fourth-order valence-corrected chi connectivity index (χ4v) is 4.54. The van der Waals surface area contributed by atoms with Gasteiger partial charge in [-0.3, -0.25) is 19.8 Å². The summed E-state index contributed by atoms with van der Waals surface area (Å²) in [6.45, 7) is 7.81. The lowest BCUT2D eigenvalue weighted by Crippen LogP contribution is -2.54. The van der Waals surface area contributed by atoms with Gasteiger partial charge in [0.2, 0.25) is 0 Å². The Morgan fingerprint density at radius 2 is 1.62 bits per heavy atom. The zero-order valence-corrected chi connectivity index (χ0v) is 19.8. The molecule has 1 aromatic heterocycles. The van der Waals surface area contributed by atoms with Crippen LogP contribution in [-0.2, 0) is 9.59 Å². The second-order valence-electron chi connectivity index (χ2n) is 7.95. The van der Waals surface area contributed by atoms with Gasteiger partial charge in [0.1, 0.15) is 5.57 Å². The zero-order valence-electron chi connectivity index (χ0n) is 18.2. The van der Waals surface area contributed by atoms with Gasteiger partial charge in [0.05, 0.1) is 5.69 Å². The molecule has 1 N–H and O–H groups in total. The molecule has 162 valence electrons. The van der Waals surface area contributed by atoms with Crippen molar-refractivity contribution in [1.29, 1.82) is 0 Å². The molecule has 0 saturated carbocycles. The van der Waals surface area contributed by atoms with Crippen molar-refractivity contribution in [3.8, 4) is 5.69 Å². The number of amides is 2. The molecule has 2 amide bonds. The second kappa shape index (κ2) is 8.37. The number of halogens is 1. The van der Waals surface area contributed by atoms with Gasteiger partial charge in [-0.1, -0.05) is 23.7 Å². The number of anilines is 1. The van der Waals surface area contributed by atoms with Crippen LogP contribution in [0.5, 0.6) is 0 Å². The molecule has 3 aromatic rings. The first-order valence-corrected chi connectivity index (χ1v) is 10.9. The van der Waals surface area contributed by atoms with Crippen LogP contribution in [0.4, 0.5) is 5.69 Å². The van der Waals surface area contributed by atoms with E-state index in [1.165, 1.54) is 4.90 Å². The molecular formula is C25H22ClN3O2S. The van der Waals surface area contributed by atoms with E-state index in [4.69, 9.17) is 23.8 Å². The number of nitrogens with one attached hydrogen (secondary N) is 1. The van der Waals surface area contributed by atoms with Crippen molar-refractivity contribution in [3.05, 3.63) is 87.2 Å². The van der Waals surface area contributed by atoms with Crippen LogP contribution in [-0.4, -0.2) is 21.5 Å². The zero-order chi connectivity index (χ0) is 23.2. The summed E-state index contributed by atoms with van der Waals surface area (Å²) in [6.07, 6.45) is 1.62. The molecule has 0 unspecified atom stereocenters. The van der Waals surface area contributed by atoms with Crippen molar-refractivity contribution < 1.29 is 9.59 Å². The summed E-state index contributed by atoms with van der Waals surface area (Å²) in [7, 11) is 0. The first kappa shape index (κ1) is 22.0. The lowest BCUT2D eigenvalue weighted by Gasteiger charge is -2.29. The second-order valence-corrected chi connectivity index (χ2v) is 8.77. The average molecular weight is 464 g/mol. The van der Waals surface area contributed by atoms with Crippen LogP contribution in [0, 0.1) is 27.7 Å². The van der Waals surface area contributed by atoms with Gasteiger partial charge in [-0.25, -0.2) is 0 Å². The van der Waals surface area contributed by atoms with E-state index in [1.807, 2.05) is 80.8 Å². The first-order chi connectivity index (χ1) is 15.2. The van der Waals surface area contributed by atoms with Crippen molar-refractivity contribution in [2.24, 2.45) is 0 Å². The number of carbonyl (C=O) groups is 2. The predicted molar refractivity (Wildman–Crippen MR) is 132 cm³/mol. The third-order valence-corrected chi connectivity index (χ3v) is 5.92. The topological polar surface area (TPSA) is 54.3 Å². The van der Waals surface area contributed by atoms with Crippen molar-refractivity contribution in [2.75, 3.05) is 4.90 Å². The minimum atomic E-state index is -0.506. The van der Waals surface area contributed by atoms with E-state index in [-0.39, 0.29) is 10.7 Å². The summed E-state index contributed by atoms with van der Waals surface area (Å²) >= 11 is 11.5. The summed E-state index contributed by atoms with van der Waals surface area (Å²) in [5, 5.41) is 3.36. The van der Waals surface area contributed by atoms with Gasteiger partial charge in [-0.2, -0.15) is 0 Å². The van der Waals surface area contributed by atoms with E-state index in [1.54, 1.807) is 6.08 Å². The van der Waals surface area contributed by atoms with E-state index < -0.39 is 11.8 Å². The van der Waals surface area contributed by atoms with Gasteiger partial charge >= 0.3 is 0 Å². The van der Waals surface area contributed by atoms with Crippen LogP contribution >= 0.6 is 23.8 Å². The number of thiocarbonyl (C=S) groups is 1. The Balaban J connectivity index is 1.78. The fourth-order valence-electron chi connectivity index (χ4n) is 4.07. The van der Waals surface area contributed by atoms with Crippen molar-refractivity contribution in [3.63, 3.8) is 0 Å². The smallest absolute Gasteiger partial charge is 0.270 e. The summed E-state index contributed by atoms with van der Waals surface area (Å²) in [6, 6.07) is 15.2. The Labute approximate surface area is 197 Å². The molecule has 1 aliphatic heterocycles. The number of hydrogen-bond acceptors (Lipinski definition) is 3. The molecule has 0 bridgehead atoms. The molecule has 32 heavy (non-hydrogen) atoms. The summed E-state index contributed by atoms with van der Waals surface area (Å²) in [5.74, 6) is -0.954. The predicted octanol–water partition coefficient (Wildman–Crippen LogP) is 5.20. The number of rotatable bonds is 3. The van der Waals surface area contributed by atoms with E-state index >= 15 is 0 Å². The first-order valence-electron chi connectivity index (χ1n) is 10.1. The third-order valence-electron chi connectivity index (χ3n) is 5.40. The summed E-state index contributed by atoms with van der Waals surface area (Å²) < 4.78 is 2.04. The molecule has 0 radical (unpaired) electrons. The maximum absolute atomic E-state index is 13.4. The standard InChI is InChI=1S/C25H22ClN3O2S/c1-14-8-15(2)10-21(9-14)29-24(31)22(23(30)27-25(29)32)12-18-11-16(3)28(17(18)4)20-7-5-6-19(26)13-20/h5-13H,1-4H3,(H,27,30,32)/b22-12+. The fraction of sp³-hybridized carbons (Fsp3) is 0.160. The Morgan fingerprint density at radius 1 is 0.938 bits per heavy atom. The number of aromatic nitrogens is 1. The van der Waals surface area contributed by atoms with Gasteiger partial charge < -0.3 is 4.57 Å². The molecule has 1 saturated heterocycles. The van der Waals surface area contributed by atoms with Crippen molar-refractivity contribution in [1.82, 2.24) is 9.88 Å². The summed E-state index contributed by atoms with van der Waals surface area (Å²) in [4.78, 5) is 27.5. The van der Waals surface area contributed by atoms with E-state index in [2.05, 4.69) is 5.32 Å². The van der Waals surface area contributed by atoms with Gasteiger partial charge in [0.25, 0.3) is 11.8 Å². The maximum Gasteiger partial charge on any atom is 0.270 e. The molecule has 2 heterocycles. The van der Waals surface area contributed by atoms with Crippen LogP contribution in [0.2, 0.25) is 5.02 Å². The minimum absolute atomic E-state index is 0.0316. The molecule has 5 nitrogen and oxygen atoms in total. The van der Waals surface area contributed by atoms with Crippen LogP contribution in [0.1, 0.15) is 28.1 Å². The highest BCUT2D eigenvalue weighted by molar-refractivity contribution is 7.80. The number of hydrogen-bond donors (Lipinski definition) is 1. The SMILES string of the molecule is Cc1cc(C)cc(N2C(=O)/C(=C/c3cc(C)n(-c4cccc(Cl)c4)c3C)C(=O)NC2=S)c1. The number of carbonyl (C=O) groups excluding carboxylic acids is 2. The Morgan fingerprint density at radius 3 is 2.28 bits per heavy atom. The van der Waals surface area contributed by atoms with Crippen LogP contribution in [0.15, 0.2) is 54.1 Å². The lowest BCUT2D eigenvalue weighted by atomic mass is 10.1. The minimum Gasteiger partial charge on any atom is -0.318 e.